The van der Waals surface area contributed by atoms with Gasteiger partial charge in [0.2, 0.25) is 0 Å². The molecule has 28 heavy (non-hydrogen) atoms. The van der Waals surface area contributed by atoms with Crippen LogP contribution in [0.5, 0.6) is 0 Å². The summed E-state index contributed by atoms with van der Waals surface area (Å²) >= 11 is 12.0. The summed E-state index contributed by atoms with van der Waals surface area (Å²) in [6.45, 7) is -1.17. The van der Waals surface area contributed by atoms with Gasteiger partial charge in [-0.15, -0.1) is 0 Å². The van der Waals surface area contributed by atoms with E-state index in [1.165, 1.54) is 0 Å². The van der Waals surface area contributed by atoms with E-state index in [0.29, 0.717) is 42.3 Å². The molecule has 1 heterocycles. The molecule has 0 bridgehead atoms. The number of unbranched alkanes of at least 4 members (excludes halogenated alkanes) is 1. The van der Waals surface area contributed by atoms with Crippen molar-refractivity contribution in [2.24, 2.45) is 11.7 Å². The molecule has 0 aromatic heterocycles. The molecule has 0 aliphatic carbocycles. The second kappa shape index (κ2) is 9.76. The quantitative estimate of drug-likeness (QED) is 0.298. The van der Waals surface area contributed by atoms with Crippen LogP contribution < -0.4 is 5.73 Å². The Morgan fingerprint density at radius 1 is 1.18 bits per heavy atom. The molecule has 1 fully saturated rings. The highest BCUT2D eigenvalue weighted by Crippen LogP contribution is 2.32. The van der Waals surface area contributed by atoms with Crippen molar-refractivity contribution in [1.82, 2.24) is 4.90 Å². The van der Waals surface area contributed by atoms with Crippen molar-refractivity contribution in [1.29, 1.82) is 0 Å². The van der Waals surface area contributed by atoms with Crippen LogP contribution in [0.15, 0.2) is 18.2 Å². The lowest BCUT2D eigenvalue weighted by Crippen LogP contribution is -2.56. The average Bonchev–Trinajstić information content (AvgIpc) is 2.61. The number of benzene rings is 1. The van der Waals surface area contributed by atoms with Crippen LogP contribution in [-0.2, 0) is 11.3 Å². The molecule has 0 saturated carbocycles. The molecule has 0 spiro atoms. The summed E-state index contributed by atoms with van der Waals surface area (Å²) in [6, 6.07) is 5.53. The Morgan fingerprint density at radius 3 is 2.36 bits per heavy atom. The first-order chi connectivity index (χ1) is 13.0. The Balaban J connectivity index is 1.88. The second-order valence-corrected chi connectivity index (χ2v) is 8.60. The van der Waals surface area contributed by atoms with E-state index in [0.717, 1.165) is 18.7 Å². The maximum atomic E-state index is 11.8. The highest BCUT2D eigenvalue weighted by atomic mass is 35.5. The third kappa shape index (κ3) is 6.59. The van der Waals surface area contributed by atoms with Crippen molar-refractivity contribution in [2.45, 2.75) is 50.5 Å². The van der Waals surface area contributed by atoms with Gasteiger partial charge in [-0.05, 0) is 56.0 Å². The first-order valence-corrected chi connectivity index (χ1v) is 10.3. The van der Waals surface area contributed by atoms with Crippen LogP contribution in [0, 0.1) is 5.92 Å². The van der Waals surface area contributed by atoms with E-state index in [1.54, 1.807) is 6.07 Å². The first kappa shape index (κ1) is 23.4. The van der Waals surface area contributed by atoms with Crippen LogP contribution in [-0.4, -0.2) is 56.4 Å². The zero-order chi connectivity index (χ0) is 20.9. The van der Waals surface area contributed by atoms with Crippen molar-refractivity contribution in [3.8, 4) is 0 Å². The van der Waals surface area contributed by atoms with Crippen LogP contribution in [0.2, 0.25) is 16.4 Å². The lowest BCUT2D eigenvalue weighted by molar-refractivity contribution is -0.147. The lowest BCUT2D eigenvalue weighted by atomic mass is 9.71. The van der Waals surface area contributed by atoms with Crippen LogP contribution in [0.1, 0.15) is 37.7 Å². The molecule has 1 aromatic rings. The van der Waals surface area contributed by atoms with Crippen LogP contribution in [0.25, 0.3) is 0 Å². The van der Waals surface area contributed by atoms with Gasteiger partial charge in [-0.25, -0.2) is 0 Å². The number of carboxylic acid groups (broad SMARTS) is 1. The molecule has 1 saturated heterocycles. The second-order valence-electron chi connectivity index (χ2n) is 7.78. The third-order valence-electron chi connectivity index (χ3n) is 5.54. The summed E-state index contributed by atoms with van der Waals surface area (Å²) in [6.07, 6.45) is 2.07. The predicted octanol–water partition coefficient (Wildman–Crippen LogP) is 2.07. The number of carboxylic acids is 1. The van der Waals surface area contributed by atoms with E-state index in [9.17, 15) is 9.90 Å². The number of likely N-dealkylation sites (tertiary alicyclic amines) is 1. The Labute approximate surface area is 175 Å². The normalized spacial score (nSPS) is 18.8. The molecule has 0 radical (unpaired) electrons. The fourth-order valence-corrected chi connectivity index (χ4v) is 4.14. The number of carbonyl (C=O) groups is 1. The number of hydrogen-bond acceptors (Lipinski definition) is 6. The predicted molar refractivity (Wildman–Crippen MR) is 110 cm³/mol. The number of nitrogens with two attached hydrogens (primary N) is 1. The highest BCUT2D eigenvalue weighted by Gasteiger charge is 2.42. The lowest BCUT2D eigenvalue weighted by Gasteiger charge is -2.40. The van der Waals surface area contributed by atoms with Gasteiger partial charge in [0.25, 0.3) is 0 Å². The van der Waals surface area contributed by atoms with Gasteiger partial charge in [-0.3, -0.25) is 9.69 Å². The molecular weight excluding hydrogens is 406 g/mol. The fraction of sp³-hybridized carbons (Fsp3) is 0.611. The summed E-state index contributed by atoms with van der Waals surface area (Å²) in [5.41, 5.74) is 5.96. The molecule has 0 amide bonds. The van der Waals surface area contributed by atoms with Crippen LogP contribution in [0.3, 0.4) is 0 Å². The van der Waals surface area contributed by atoms with E-state index < -0.39 is 18.3 Å². The van der Waals surface area contributed by atoms with E-state index in [4.69, 9.17) is 44.0 Å². The van der Waals surface area contributed by atoms with Crippen LogP contribution >= 0.6 is 23.2 Å². The van der Waals surface area contributed by atoms with Gasteiger partial charge in [-0.1, -0.05) is 48.4 Å². The van der Waals surface area contributed by atoms with Crippen molar-refractivity contribution in [3.63, 3.8) is 0 Å². The van der Waals surface area contributed by atoms with Gasteiger partial charge in [0.15, 0.2) is 0 Å². The number of nitrogens with zero attached hydrogens (tertiary/aromatic N) is 1. The van der Waals surface area contributed by atoms with Gasteiger partial charge in [0.1, 0.15) is 5.54 Å². The first-order valence-electron chi connectivity index (χ1n) is 9.53. The van der Waals surface area contributed by atoms with Gasteiger partial charge >= 0.3 is 12.7 Å². The standard InChI is InChI=1S/C18H28BCl2N2O5/c20-15-4-3-13(11-16(15)21)12-23-9-5-14(6-10-23)18(22,17(24)25)7-1-2-8-19(26,27)28/h3-4,11,14,26-28H,1-2,5-10,12,22H2,(H,24,25)/q-1/t18-/m1/s1. The van der Waals surface area contributed by atoms with E-state index in [2.05, 4.69) is 4.90 Å². The van der Waals surface area contributed by atoms with Gasteiger partial charge in [0.05, 0.1) is 10.0 Å². The summed E-state index contributed by atoms with van der Waals surface area (Å²) in [5.74, 6) is -1.20. The number of halogens is 2. The largest absolute Gasteiger partial charge is 0.560 e. The van der Waals surface area contributed by atoms with Crippen molar-refractivity contribution in [2.75, 3.05) is 13.1 Å². The Bertz CT molecular complexity index is 680. The van der Waals surface area contributed by atoms with Gasteiger partial charge in [-0.2, -0.15) is 0 Å². The molecule has 1 aliphatic rings. The maximum absolute atomic E-state index is 11.8. The SMILES string of the molecule is N[C@@](CCCC[B-](O)(O)O)(C(=O)O)C1CCN(Cc2ccc(Cl)c(Cl)c2)CC1. The third-order valence-corrected chi connectivity index (χ3v) is 6.28. The Morgan fingerprint density at radius 2 is 1.82 bits per heavy atom. The summed E-state index contributed by atoms with van der Waals surface area (Å²) < 4.78 is 0. The maximum Gasteiger partial charge on any atom is 0.371 e. The summed E-state index contributed by atoms with van der Waals surface area (Å²) in [7, 11) is 0. The average molecular weight is 434 g/mol. The number of aliphatic carboxylic acids is 1. The minimum atomic E-state index is -3.34. The molecule has 0 unspecified atom stereocenters. The van der Waals surface area contributed by atoms with Crippen molar-refractivity contribution >= 4 is 35.9 Å². The highest BCUT2D eigenvalue weighted by molar-refractivity contribution is 6.56. The minimum absolute atomic E-state index is 0.164. The van der Waals surface area contributed by atoms with E-state index in [1.807, 2.05) is 12.1 Å². The Hall–Kier alpha value is -0.865. The van der Waals surface area contributed by atoms with E-state index >= 15 is 0 Å². The molecule has 7 nitrogen and oxygen atoms in total. The molecule has 1 aromatic carbocycles. The smallest absolute Gasteiger partial charge is 0.371 e. The van der Waals surface area contributed by atoms with E-state index in [-0.39, 0.29) is 18.7 Å². The topological polar surface area (TPSA) is 127 Å². The molecule has 158 valence electrons. The molecule has 10 heteroatoms. The van der Waals surface area contributed by atoms with Gasteiger partial charge in [0, 0.05) is 6.54 Å². The Kier molecular flexibility index (Phi) is 8.16. The number of hydrogen-bond donors (Lipinski definition) is 5. The van der Waals surface area contributed by atoms with Crippen molar-refractivity contribution in [3.05, 3.63) is 33.8 Å². The number of piperidine rings is 1. The molecule has 2 rings (SSSR count). The molecule has 6 N–H and O–H groups in total. The monoisotopic (exact) mass is 433 g/mol. The summed E-state index contributed by atoms with van der Waals surface area (Å²) in [4.78, 5) is 14.1. The molecule has 1 atom stereocenters. The fourth-order valence-electron chi connectivity index (χ4n) is 3.82. The number of rotatable bonds is 9. The molecular formula is C18H28BCl2N2O5-. The minimum Gasteiger partial charge on any atom is -0.560 e. The van der Waals surface area contributed by atoms with Crippen LogP contribution in [0.4, 0.5) is 0 Å². The summed E-state index contributed by atoms with van der Waals surface area (Å²) in [5, 5.41) is 37.7. The zero-order valence-electron chi connectivity index (χ0n) is 15.7. The van der Waals surface area contributed by atoms with Crippen molar-refractivity contribution < 1.29 is 25.0 Å². The molecule has 1 aliphatic heterocycles. The van der Waals surface area contributed by atoms with Gasteiger partial charge < -0.3 is 25.9 Å². The zero-order valence-corrected chi connectivity index (χ0v) is 17.2.